The van der Waals surface area contributed by atoms with E-state index >= 15 is 0 Å². The van der Waals surface area contributed by atoms with Crippen LogP contribution in [0.3, 0.4) is 0 Å². The van der Waals surface area contributed by atoms with E-state index in [9.17, 15) is 0 Å². The van der Waals surface area contributed by atoms with Crippen LogP contribution in [0.15, 0.2) is 18.5 Å². The molecule has 0 saturated carbocycles. The Bertz CT molecular complexity index is 442. The van der Waals surface area contributed by atoms with E-state index in [1.165, 1.54) is 25.8 Å². The summed E-state index contributed by atoms with van der Waals surface area (Å²) in [5, 5.41) is 8.11. The number of aryl methyl sites for hydroxylation is 1. The van der Waals surface area contributed by atoms with Gasteiger partial charge in [0.15, 0.2) is 5.82 Å². The lowest BCUT2D eigenvalue weighted by Crippen LogP contribution is -2.41. The summed E-state index contributed by atoms with van der Waals surface area (Å²) in [6.45, 7) is 3.95. The first-order valence-electron chi connectivity index (χ1n) is 7.16. The second-order valence-electron chi connectivity index (χ2n) is 5.57. The fraction of sp³-hybridized carbons (Fsp3) is 0.714. The normalized spacial score (nSPS) is 28.7. The third-order valence-corrected chi connectivity index (χ3v) is 4.08. The largest absolute Gasteiger partial charge is 0.368 e. The van der Waals surface area contributed by atoms with Crippen molar-refractivity contribution in [3.8, 4) is 0 Å². The zero-order chi connectivity index (χ0) is 13.1. The van der Waals surface area contributed by atoms with E-state index in [1.54, 1.807) is 6.33 Å². The van der Waals surface area contributed by atoms with Crippen molar-refractivity contribution < 1.29 is 4.74 Å². The predicted octanol–water partition coefficient (Wildman–Crippen LogP) is 1.54. The van der Waals surface area contributed by atoms with Crippen molar-refractivity contribution >= 4 is 0 Å². The molecule has 2 atom stereocenters. The molecule has 2 heterocycles. The van der Waals surface area contributed by atoms with Crippen LogP contribution >= 0.6 is 0 Å². The van der Waals surface area contributed by atoms with E-state index in [2.05, 4.69) is 27.2 Å². The highest BCUT2D eigenvalue weighted by atomic mass is 16.5. The van der Waals surface area contributed by atoms with E-state index in [-0.39, 0.29) is 6.10 Å². The van der Waals surface area contributed by atoms with Crippen LogP contribution in [0.1, 0.15) is 31.2 Å². The second kappa shape index (κ2) is 5.84. The van der Waals surface area contributed by atoms with Crippen molar-refractivity contribution in [3.05, 3.63) is 24.3 Å². The standard InChI is InChI=1S/C14H22N4O/c1-17-11-15-16-14(17)13-10-18(7-8-19-13)9-12-5-3-2-4-6-12/h2-3,11-13H,4-10H2,1H3/t12-,13+/m0/s1. The molecule has 0 radical (unpaired) electrons. The van der Waals surface area contributed by atoms with Crippen molar-refractivity contribution in [2.75, 3.05) is 26.2 Å². The molecule has 1 aromatic rings. The van der Waals surface area contributed by atoms with E-state index in [1.807, 2.05) is 11.6 Å². The molecule has 0 aromatic carbocycles. The quantitative estimate of drug-likeness (QED) is 0.775. The lowest BCUT2D eigenvalue weighted by atomic mass is 9.93. The molecule has 5 heteroatoms. The lowest BCUT2D eigenvalue weighted by Gasteiger charge is -2.34. The van der Waals surface area contributed by atoms with Crippen LogP contribution in [0.2, 0.25) is 0 Å². The van der Waals surface area contributed by atoms with Gasteiger partial charge >= 0.3 is 0 Å². The third-order valence-electron chi connectivity index (χ3n) is 4.08. The summed E-state index contributed by atoms with van der Waals surface area (Å²) in [5.41, 5.74) is 0. The molecule has 104 valence electrons. The zero-order valence-electron chi connectivity index (χ0n) is 11.5. The molecule has 0 unspecified atom stereocenters. The first-order chi connectivity index (χ1) is 9.33. The number of hydrogen-bond donors (Lipinski definition) is 0. The highest BCUT2D eigenvalue weighted by Crippen LogP contribution is 2.24. The predicted molar refractivity (Wildman–Crippen MR) is 72.6 cm³/mol. The molecule has 1 aliphatic carbocycles. The van der Waals surface area contributed by atoms with Gasteiger partial charge in [0, 0.05) is 26.7 Å². The summed E-state index contributed by atoms with van der Waals surface area (Å²) in [4.78, 5) is 2.52. The number of morpholine rings is 1. The molecule has 0 N–H and O–H groups in total. The topological polar surface area (TPSA) is 43.2 Å². The summed E-state index contributed by atoms with van der Waals surface area (Å²) < 4.78 is 7.80. The fourth-order valence-corrected chi connectivity index (χ4v) is 3.00. The molecular weight excluding hydrogens is 240 g/mol. The summed E-state index contributed by atoms with van der Waals surface area (Å²) in [6, 6.07) is 0. The van der Waals surface area contributed by atoms with Crippen molar-refractivity contribution in [2.45, 2.75) is 25.4 Å². The van der Waals surface area contributed by atoms with E-state index < -0.39 is 0 Å². The lowest BCUT2D eigenvalue weighted by molar-refractivity contribution is -0.0403. The monoisotopic (exact) mass is 262 g/mol. The van der Waals surface area contributed by atoms with E-state index in [0.717, 1.165) is 31.4 Å². The van der Waals surface area contributed by atoms with Gasteiger partial charge in [0.05, 0.1) is 6.61 Å². The van der Waals surface area contributed by atoms with Crippen LogP contribution in [0.4, 0.5) is 0 Å². The fourth-order valence-electron chi connectivity index (χ4n) is 3.00. The van der Waals surface area contributed by atoms with Gasteiger partial charge in [0.25, 0.3) is 0 Å². The van der Waals surface area contributed by atoms with Crippen LogP contribution in [0.5, 0.6) is 0 Å². The summed E-state index contributed by atoms with van der Waals surface area (Å²) in [7, 11) is 1.98. The Balaban J connectivity index is 1.59. The van der Waals surface area contributed by atoms with Crippen LogP contribution in [0, 0.1) is 5.92 Å². The Morgan fingerprint density at radius 2 is 2.37 bits per heavy atom. The van der Waals surface area contributed by atoms with Gasteiger partial charge in [-0.25, -0.2) is 0 Å². The molecular formula is C14H22N4O. The van der Waals surface area contributed by atoms with Gasteiger partial charge in [0.2, 0.25) is 0 Å². The van der Waals surface area contributed by atoms with Crippen molar-refractivity contribution in [3.63, 3.8) is 0 Å². The zero-order valence-corrected chi connectivity index (χ0v) is 11.5. The molecule has 5 nitrogen and oxygen atoms in total. The maximum absolute atomic E-state index is 5.84. The molecule has 1 aromatic heterocycles. The molecule has 0 amide bonds. The molecule has 0 spiro atoms. The van der Waals surface area contributed by atoms with Crippen LogP contribution in [-0.2, 0) is 11.8 Å². The molecule has 1 fully saturated rings. The smallest absolute Gasteiger partial charge is 0.163 e. The van der Waals surface area contributed by atoms with Gasteiger partial charge in [-0.3, -0.25) is 4.90 Å². The van der Waals surface area contributed by atoms with Gasteiger partial charge in [-0.05, 0) is 25.2 Å². The van der Waals surface area contributed by atoms with E-state index in [0.29, 0.717) is 0 Å². The highest BCUT2D eigenvalue weighted by Gasteiger charge is 2.26. The maximum atomic E-state index is 5.84. The van der Waals surface area contributed by atoms with Crippen LogP contribution in [-0.4, -0.2) is 45.9 Å². The van der Waals surface area contributed by atoms with Gasteiger partial charge in [0.1, 0.15) is 12.4 Å². The van der Waals surface area contributed by atoms with Crippen molar-refractivity contribution in [2.24, 2.45) is 13.0 Å². The minimum atomic E-state index is 0.0698. The Kier molecular flexibility index (Phi) is 3.94. The molecule has 0 bridgehead atoms. The Labute approximate surface area is 114 Å². The van der Waals surface area contributed by atoms with Gasteiger partial charge in [-0.15, -0.1) is 10.2 Å². The first kappa shape index (κ1) is 12.8. The van der Waals surface area contributed by atoms with Crippen molar-refractivity contribution in [1.29, 1.82) is 0 Å². The average molecular weight is 262 g/mol. The Hall–Kier alpha value is -1.20. The summed E-state index contributed by atoms with van der Waals surface area (Å²) in [6.07, 6.45) is 10.2. The Morgan fingerprint density at radius 1 is 1.42 bits per heavy atom. The highest BCUT2D eigenvalue weighted by molar-refractivity contribution is 4.95. The number of hydrogen-bond acceptors (Lipinski definition) is 4. The second-order valence-corrected chi connectivity index (χ2v) is 5.57. The SMILES string of the molecule is Cn1cnnc1[C@H]1CN(C[C@H]2CC=CCC2)CCO1. The van der Waals surface area contributed by atoms with Gasteiger partial charge in [-0.1, -0.05) is 12.2 Å². The summed E-state index contributed by atoms with van der Waals surface area (Å²) in [5.74, 6) is 1.75. The maximum Gasteiger partial charge on any atom is 0.163 e. The number of ether oxygens (including phenoxy) is 1. The van der Waals surface area contributed by atoms with E-state index in [4.69, 9.17) is 4.74 Å². The number of aromatic nitrogens is 3. The third kappa shape index (κ3) is 3.04. The molecule has 1 saturated heterocycles. The number of allylic oxidation sites excluding steroid dienone is 2. The molecule has 2 aliphatic rings. The average Bonchev–Trinajstić information content (AvgIpc) is 2.86. The molecule has 19 heavy (non-hydrogen) atoms. The van der Waals surface area contributed by atoms with Crippen LogP contribution < -0.4 is 0 Å². The molecule has 1 aliphatic heterocycles. The number of nitrogens with zero attached hydrogens (tertiary/aromatic N) is 4. The number of rotatable bonds is 3. The minimum absolute atomic E-state index is 0.0698. The minimum Gasteiger partial charge on any atom is -0.368 e. The van der Waals surface area contributed by atoms with Crippen LogP contribution in [0.25, 0.3) is 0 Å². The Morgan fingerprint density at radius 3 is 3.11 bits per heavy atom. The van der Waals surface area contributed by atoms with Crippen molar-refractivity contribution in [1.82, 2.24) is 19.7 Å². The van der Waals surface area contributed by atoms with Gasteiger partial charge < -0.3 is 9.30 Å². The first-order valence-corrected chi connectivity index (χ1v) is 7.16. The summed E-state index contributed by atoms with van der Waals surface area (Å²) >= 11 is 0. The molecule has 3 rings (SSSR count). The van der Waals surface area contributed by atoms with Gasteiger partial charge in [-0.2, -0.15) is 0 Å².